The van der Waals surface area contributed by atoms with E-state index < -0.39 is 5.97 Å². The molecular weight excluding hydrogens is 200 g/mol. The molecule has 1 aliphatic rings. The lowest BCUT2D eigenvalue weighted by Gasteiger charge is -2.19. The molecule has 0 unspecified atom stereocenters. The van der Waals surface area contributed by atoms with E-state index in [0.717, 1.165) is 17.5 Å². The van der Waals surface area contributed by atoms with Crippen LogP contribution in [-0.4, -0.2) is 11.1 Å². The van der Waals surface area contributed by atoms with Crippen molar-refractivity contribution >= 4 is 12.0 Å². The van der Waals surface area contributed by atoms with Gasteiger partial charge in [0.1, 0.15) is 0 Å². The quantitative estimate of drug-likeness (QED) is 0.781. The molecule has 1 aliphatic carbocycles. The summed E-state index contributed by atoms with van der Waals surface area (Å²) in [5.74, 6) is -0.844. The van der Waals surface area contributed by atoms with Crippen LogP contribution in [0.15, 0.2) is 23.8 Å². The summed E-state index contributed by atoms with van der Waals surface area (Å²) in [5.41, 5.74) is 3.84. The Bertz CT molecular complexity index is 476. The van der Waals surface area contributed by atoms with E-state index in [1.54, 1.807) is 6.07 Å². The molecule has 0 fully saturated rings. The summed E-state index contributed by atoms with van der Waals surface area (Å²) < 4.78 is 0. The van der Waals surface area contributed by atoms with Crippen LogP contribution in [0.25, 0.3) is 6.08 Å². The zero-order valence-corrected chi connectivity index (χ0v) is 9.87. The third-order valence-electron chi connectivity index (χ3n) is 3.09. The van der Waals surface area contributed by atoms with Crippen LogP contribution in [0.4, 0.5) is 0 Å². The first-order chi connectivity index (χ1) is 7.39. The maximum absolute atomic E-state index is 11.1. The summed E-state index contributed by atoms with van der Waals surface area (Å²) in [6.45, 7) is 6.47. The molecule has 0 atom stereocenters. The molecule has 0 amide bonds. The summed E-state index contributed by atoms with van der Waals surface area (Å²) in [6.07, 6.45) is 2.92. The first-order valence-electron chi connectivity index (χ1n) is 5.46. The van der Waals surface area contributed by atoms with Crippen molar-refractivity contribution in [3.05, 3.63) is 40.5 Å². The summed E-state index contributed by atoms with van der Waals surface area (Å²) in [7, 11) is 0. The van der Waals surface area contributed by atoms with Gasteiger partial charge in [-0.05, 0) is 29.0 Å². The summed E-state index contributed by atoms with van der Waals surface area (Å²) >= 11 is 0. The molecule has 0 heterocycles. The van der Waals surface area contributed by atoms with Gasteiger partial charge in [-0.1, -0.05) is 44.6 Å². The third-order valence-corrected chi connectivity index (χ3v) is 3.09. The summed E-state index contributed by atoms with van der Waals surface area (Å²) in [5, 5.41) is 9.11. The first-order valence-corrected chi connectivity index (χ1v) is 5.46. The number of fused-ring (bicyclic) bond motifs is 1. The van der Waals surface area contributed by atoms with E-state index in [-0.39, 0.29) is 5.41 Å². The van der Waals surface area contributed by atoms with Crippen LogP contribution < -0.4 is 0 Å². The van der Waals surface area contributed by atoms with Gasteiger partial charge in [0.15, 0.2) is 0 Å². The van der Waals surface area contributed by atoms with Crippen LogP contribution in [0.5, 0.6) is 0 Å². The van der Waals surface area contributed by atoms with Crippen molar-refractivity contribution in [1.29, 1.82) is 0 Å². The van der Waals surface area contributed by atoms with Crippen LogP contribution in [0.2, 0.25) is 0 Å². The average Bonchev–Trinajstić information content (AvgIpc) is 2.59. The fourth-order valence-corrected chi connectivity index (χ4v) is 2.04. The number of benzene rings is 1. The number of carboxylic acids is 1. The van der Waals surface area contributed by atoms with Crippen molar-refractivity contribution in [2.75, 3.05) is 0 Å². The molecule has 0 spiro atoms. The molecule has 2 nitrogen and oxygen atoms in total. The van der Waals surface area contributed by atoms with Crippen molar-refractivity contribution in [2.24, 2.45) is 5.41 Å². The Morgan fingerprint density at radius 3 is 2.56 bits per heavy atom. The van der Waals surface area contributed by atoms with E-state index in [9.17, 15) is 4.79 Å². The van der Waals surface area contributed by atoms with Crippen molar-refractivity contribution in [3.8, 4) is 0 Å². The van der Waals surface area contributed by atoms with E-state index in [1.807, 2.05) is 18.2 Å². The molecule has 2 rings (SSSR count). The Morgan fingerprint density at radius 2 is 2.00 bits per heavy atom. The van der Waals surface area contributed by atoms with Crippen LogP contribution in [-0.2, 0) is 6.42 Å². The minimum absolute atomic E-state index is 0.106. The normalized spacial score (nSPS) is 14.6. The van der Waals surface area contributed by atoms with Crippen molar-refractivity contribution < 1.29 is 9.90 Å². The molecule has 0 radical (unpaired) electrons. The molecule has 84 valence electrons. The van der Waals surface area contributed by atoms with Crippen molar-refractivity contribution in [1.82, 2.24) is 0 Å². The van der Waals surface area contributed by atoms with Gasteiger partial charge in [-0.3, -0.25) is 0 Å². The van der Waals surface area contributed by atoms with Crippen LogP contribution in [0.1, 0.15) is 42.3 Å². The molecule has 1 aromatic rings. The molecule has 0 saturated heterocycles. The fraction of sp³-hybridized carbons (Fsp3) is 0.357. The highest BCUT2D eigenvalue weighted by Gasteiger charge is 2.25. The smallest absolute Gasteiger partial charge is 0.336 e. The Kier molecular flexibility index (Phi) is 2.38. The van der Waals surface area contributed by atoms with E-state index in [4.69, 9.17) is 5.11 Å². The summed E-state index contributed by atoms with van der Waals surface area (Å²) in [6, 6.07) is 5.50. The number of aromatic carboxylic acids is 1. The number of hydrogen-bond donors (Lipinski definition) is 1. The Labute approximate surface area is 95.6 Å². The SMILES string of the molecule is CC(C)(C)C1=Cc2c(cccc2C(=O)O)C1. The van der Waals surface area contributed by atoms with Gasteiger partial charge >= 0.3 is 5.97 Å². The highest BCUT2D eigenvalue weighted by molar-refractivity contribution is 5.94. The van der Waals surface area contributed by atoms with E-state index >= 15 is 0 Å². The van der Waals surface area contributed by atoms with E-state index in [0.29, 0.717) is 5.56 Å². The lowest BCUT2D eigenvalue weighted by molar-refractivity contribution is 0.0696. The van der Waals surface area contributed by atoms with Crippen molar-refractivity contribution in [3.63, 3.8) is 0 Å². The highest BCUT2D eigenvalue weighted by atomic mass is 16.4. The lowest BCUT2D eigenvalue weighted by Crippen LogP contribution is -2.08. The van der Waals surface area contributed by atoms with Gasteiger partial charge in [0.25, 0.3) is 0 Å². The predicted molar refractivity (Wildman–Crippen MR) is 64.5 cm³/mol. The maximum Gasteiger partial charge on any atom is 0.336 e. The summed E-state index contributed by atoms with van der Waals surface area (Å²) in [4.78, 5) is 11.1. The number of carbonyl (C=O) groups is 1. The van der Waals surface area contributed by atoms with Gasteiger partial charge in [0.05, 0.1) is 5.56 Å². The minimum Gasteiger partial charge on any atom is -0.478 e. The number of carboxylic acid groups (broad SMARTS) is 1. The van der Waals surface area contributed by atoms with Gasteiger partial charge in [-0.15, -0.1) is 0 Å². The fourth-order valence-electron chi connectivity index (χ4n) is 2.04. The standard InChI is InChI=1S/C14H16O2/c1-14(2,3)10-7-9-5-4-6-11(13(15)16)12(9)8-10/h4-6,8H,7H2,1-3H3,(H,15,16). The Morgan fingerprint density at radius 1 is 1.31 bits per heavy atom. The third kappa shape index (κ3) is 1.75. The largest absolute Gasteiger partial charge is 0.478 e. The van der Waals surface area contributed by atoms with Gasteiger partial charge in [-0.25, -0.2) is 4.79 Å². The number of hydrogen-bond acceptors (Lipinski definition) is 1. The van der Waals surface area contributed by atoms with E-state index in [1.165, 1.54) is 5.57 Å². The molecule has 16 heavy (non-hydrogen) atoms. The monoisotopic (exact) mass is 216 g/mol. The Hall–Kier alpha value is -1.57. The average molecular weight is 216 g/mol. The number of allylic oxidation sites excluding steroid dienone is 1. The molecule has 0 aromatic heterocycles. The van der Waals surface area contributed by atoms with Crippen LogP contribution >= 0.6 is 0 Å². The Balaban J connectivity index is 2.51. The van der Waals surface area contributed by atoms with Crippen LogP contribution in [0.3, 0.4) is 0 Å². The minimum atomic E-state index is -0.844. The molecule has 0 saturated carbocycles. The van der Waals surface area contributed by atoms with Gasteiger partial charge < -0.3 is 5.11 Å². The zero-order valence-electron chi connectivity index (χ0n) is 9.87. The zero-order chi connectivity index (χ0) is 11.9. The number of rotatable bonds is 1. The predicted octanol–water partition coefficient (Wildman–Crippen LogP) is 3.37. The second-order valence-electron chi connectivity index (χ2n) is 5.28. The van der Waals surface area contributed by atoms with Gasteiger partial charge in [0, 0.05) is 0 Å². The molecule has 0 bridgehead atoms. The molecule has 0 aliphatic heterocycles. The second-order valence-corrected chi connectivity index (χ2v) is 5.28. The van der Waals surface area contributed by atoms with Gasteiger partial charge in [0.2, 0.25) is 0 Å². The first kappa shape index (κ1) is 10.9. The molecule has 1 N–H and O–H groups in total. The lowest BCUT2D eigenvalue weighted by atomic mass is 9.85. The maximum atomic E-state index is 11.1. The topological polar surface area (TPSA) is 37.3 Å². The highest BCUT2D eigenvalue weighted by Crippen LogP contribution is 2.37. The van der Waals surface area contributed by atoms with E-state index in [2.05, 4.69) is 20.8 Å². The van der Waals surface area contributed by atoms with Crippen molar-refractivity contribution in [2.45, 2.75) is 27.2 Å². The van der Waals surface area contributed by atoms with Crippen LogP contribution in [0, 0.1) is 5.41 Å². The van der Waals surface area contributed by atoms with Gasteiger partial charge in [-0.2, -0.15) is 0 Å². The molecule has 2 heteroatoms. The molecular formula is C14H16O2. The second kappa shape index (κ2) is 3.48. The molecule has 1 aromatic carbocycles.